The van der Waals surface area contributed by atoms with Crippen molar-refractivity contribution in [3.05, 3.63) is 0 Å². The van der Waals surface area contributed by atoms with Gasteiger partial charge in [0, 0.05) is 19.1 Å². The average Bonchev–Trinajstić information content (AvgIpc) is 2.54. The molecule has 1 heterocycles. The quantitative estimate of drug-likeness (QED) is 0.764. The van der Waals surface area contributed by atoms with E-state index in [1.807, 2.05) is 0 Å². The Morgan fingerprint density at radius 3 is 2.05 bits per heavy atom. The fourth-order valence-electron chi connectivity index (χ4n) is 1.92. The Morgan fingerprint density at radius 2 is 1.57 bits per heavy atom. The van der Waals surface area contributed by atoms with Crippen LogP contribution in [0.2, 0.25) is 0 Å². The molecule has 1 saturated heterocycles. The summed E-state index contributed by atoms with van der Waals surface area (Å²) in [5.41, 5.74) is 4.83. The van der Waals surface area contributed by atoms with E-state index in [0.29, 0.717) is 13.1 Å². The topological polar surface area (TPSA) is 93.9 Å². The maximum atomic E-state index is 12.0. The zero-order valence-electron chi connectivity index (χ0n) is 13.7. The van der Waals surface area contributed by atoms with Gasteiger partial charge in [0.2, 0.25) is 0 Å². The van der Waals surface area contributed by atoms with Gasteiger partial charge in [-0.05, 0) is 41.5 Å². The molecular weight excluding hydrogens is 274 g/mol. The highest BCUT2D eigenvalue weighted by molar-refractivity contribution is 5.70. The largest absolute Gasteiger partial charge is 0.444 e. The van der Waals surface area contributed by atoms with Crippen LogP contribution in [0.15, 0.2) is 0 Å². The zero-order chi connectivity index (χ0) is 16.4. The van der Waals surface area contributed by atoms with Crippen molar-refractivity contribution in [2.75, 3.05) is 13.1 Å². The Labute approximate surface area is 126 Å². The highest BCUT2D eigenvalue weighted by Crippen LogP contribution is 2.15. The Balaban J connectivity index is 2.53. The first-order valence-electron chi connectivity index (χ1n) is 7.10. The van der Waals surface area contributed by atoms with E-state index < -0.39 is 23.4 Å². The third-order valence-corrected chi connectivity index (χ3v) is 2.72. The third kappa shape index (κ3) is 6.20. The molecule has 3 N–H and O–H groups in total. The number of nitrogens with zero attached hydrogens (tertiary/aromatic N) is 1. The van der Waals surface area contributed by atoms with E-state index in [4.69, 9.17) is 15.2 Å². The molecule has 122 valence electrons. The molecule has 0 saturated carbocycles. The number of carbonyl (C=O) groups excluding carboxylic acids is 2. The number of carbonyl (C=O) groups is 2. The maximum absolute atomic E-state index is 12.0. The van der Waals surface area contributed by atoms with Crippen LogP contribution in [0.25, 0.3) is 0 Å². The summed E-state index contributed by atoms with van der Waals surface area (Å²) < 4.78 is 10.5. The number of nitrogens with two attached hydrogens (primary N) is 1. The van der Waals surface area contributed by atoms with E-state index in [2.05, 4.69) is 5.32 Å². The van der Waals surface area contributed by atoms with Crippen LogP contribution < -0.4 is 11.1 Å². The van der Waals surface area contributed by atoms with Crippen molar-refractivity contribution in [3.8, 4) is 0 Å². The minimum Gasteiger partial charge on any atom is -0.444 e. The Bertz CT molecular complexity index is 398. The summed E-state index contributed by atoms with van der Waals surface area (Å²) in [4.78, 5) is 25.2. The fourth-order valence-corrected chi connectivity index (χ4v) is 1.92. The second kappa shape index (κ2) is 6.09. The van der Waals surface area contributed by atoms with Crippen molar-refractivity contribution in [1.29, 1.82) is 0 Å². The van der Waals surface area contributed by atoms with Gasteiger partial charge >= 0.3 is 12.2 Å². The van der Waals surface area contributed by atoms with Crippen molar-refractivity contribution >= 4 is 12.2 Å². The van der Waals surface area contributed by atoms with Crippen LogP contribution in [0.3, 0.4) is 0 Å². The second-order valence-corrected chi connectivity index (χ2v) is 7.30. The van der Waals surface area contributed by atoms with Gasteiger partial charge in [0.15, 0.2) is 0 Å². The van der Waals surface area contributed by atoms with Gasteiger partial charge in [-0.15, -0.1) is 0 Å². The van der Waals surface area contributed by atoms with Gasteiger partial charge in [-0.25, -0.2) is 9.59 Å². The third-order valence-electron chi connectivity index (χ3n) is 2.72. The van der Waals surface area contributed by atoms with Crippen molar-refractivity contribution in [2.24, 2.45) is 5.73 Å². The number of rotatable bonds is 1. The molecule has 1 fully saturated rings. The first-order chi connectivity index (χ1) is 9.37. The van der Waals surface area contributed by atoms with Crippen molar-refractivity contribution in [1.82, 2.24) is 10.2 Å². The molecule has 0 aliphatic carbocycles. The van der Waals surface area contributed by atoms with Gasteiger partial charge < -0.3 is 25.4 Å². The summed E-state index contributed by atoms with van der Waals surface area (Å²) in [6.07, 6.45) is -0.958. The summed E-state index contributed by atoms with van der Waals surface area (Å²) in [5, 5.41) is 2.70. The lowest BCUT2D eigenvalue weighted by atomic mass is 10.2. The van der Waals surface area contributed by atoms with Crippen LogP contribution in [0.4, 0.5) is 9.59 Å². The summed E-state index contributed by atoms with van der Waals surface area (Å²) in [7, 11) is 0. The first-order valence-corrected chi connectivity index (χ1v) is 7.10. The molecule has 0 unspecified atom stereocenters. The highest BCUT2D eigenvalue weighted by Gasteiger charge is 2.36. The minimum absolute atomic E-state index is 0.315. The van der Waals surface area contributed by atoms with Crippen molar-refractivity contribution < 1.29 is 19.1 Å². The summed E-state index contributed by atoms with van der Waals surface area (Å²) in [6, 6.07) is -0.683. The van der Waals surface area contributed by atoms with E-state index in [0.717, 1.165) is 0 Å². The SMILES string of the molecule is CC(C)(C)OC(=O)N[C@H]1CN(C(=O)OC(C)(C)C)C[C@H]1N. The number of alkyl carbamates (subject to hydrolysis) is 1. The Hall–Kier alpha value is -1.50. The van der Waals surface area contributed by atoms with E-state index in [9.17, 15) is 9.59 Å². The highest BCUT2D eigenvalue weighted by atomic mass is 16.6. The zero-order valence-corrected chi connectivity index (χ0v) is 13.7. The van der Waals surface area contributed by atoms with Gasteiger partial charge in [0.05, 0.1) is 6.04 Å². The molecule has 0 aromatic heterocycles. The van der Waals surface area contributed by atoms with E-state index >= 15 is 0 Å². The normalized spacial score (nSPS) is 22.9. The van der Waals surface area contributed by atoms with Crippen molar-refractivity contribution in [2.45, 2.75) is 64.8 Å². The monoisotopic (exact) mass is 301 g/mol. The number of ether oxygens (including phenoxy) is 2. The average molecular weight is 301 g/mol. The van der Waals surface area contributed by atoms with Gasteiger partial charge in [0.25, 0.3) is 0 Å². The van der Waals surface area contributed by atoms with Crippen LogP contribution in [-0.4, -0.2) is 53.5 Å². The first kappa shape index (κ1) is 17.6. The molecule has 0 aromatic rings. The standard InChI is InChI=1S/C14H27N3O4/c1-13(2,3)20-11(18)16-10-8-17(7-9(10)15)12(19)21-14(4,5)6/h9-10H,7-8,15H2,1-6H3,(H,16,18)/t9-,10+/m1/s1. The van der Waals surface area contributed by atoms with Gasteiger partial charge in [-0.1, -0.05) is 0 Å². The molecule has 2 atom stereocenters. The number of hydrogen-bond acceptors (Lipinski definition) is 5. The van der Waals surface area contributed by atoms with E-state index in [1.54, 1.807) is 41.5 Å². The lowest BCUT2D eigenvalue weighted by Crippen LogP contribution is -2.48. The molecular formula is C14H27N3O4. The van der Waals surface area contributed by atoms with E-state index in [1.165, 1.54) is 4.90 Å². The molecule has 0 bridgehead atoms. The Kier molecular flexibility index (Phi) is 5.09. The summed E-state index contributed by atoms with van der Waals surface area (Å²) in [6.45, 7) is 11.4. The van der Waals surface area contributed by atoms with E-state index in [-0.39, 0.29) is 12.1 Å². The van der Waals surface area contributed by atoms with Crippen LogP contribution in [0.1, 0.15) is 41.5 Å². The number of amides is 2. The van der Waals surface area contributed by atoms with Crippen LogP contribution in [0.5, 0.6) is 0 Å². The maximum Gasteiger partial charge on any atom is 0.410 e. The molecule has 21 heavy (non-hydrogen) atoms. The summed E-state index contributed by atoms with van der Waals surface area (Å²) in [5.74, 6) is 0. The fraction of sp³-hybridized carbons (Fsp3) is 0.857. The van der Waals surface area contributed by atoms with Crippen LogP contribution in [0, 0.1) is 0 Å². The molecule has 2 amide bonds. The molecule has 1 aliphatic heterocycles. The number of hydrogen-bond donors (Lipinski definition) is 2. The number of likely N-dealkylation sites (tertiary alicyclic amines) is 1. The lowest BCUT2D eigenvalue weighted by molar-refractivity contribution is 0.0281. The molecule has 0 aromatic carbocycles. The van der Waals surface area contributed by atoms with Gasteiger partial charge in [-0.2, -0.15) is 0 Å². The molecule has 0 radical (unpaired) electrons. The minimum atomic E-state index is -0.572. The van der Waals surface area contributed by atoms with Crippen LogP contribution in [-0.2, 0) is 9.47 Å². The smallest absolute Gasteiger partial charge is 0.410 e. The summed E-state index contributed by atoms with van der Waals surface area (Å²) >= 11 is 0. The molecule has 1 aliphatic rings. The molecule has 1 rings (SSSR count). The van der Waals surface area contributed by atoms with Crippen LogP contribution >= 0.6 is 0 Å². The molecule has 7 nitrogen and oxygen atoms in total. The van der Waals surface area contributed by atoms with Gasteiger partial charge in [0.1, 0.15) is 11.2 Å². The molecule has 0 spiro atoms. The molecule has 7 heteroatoms. The second-order valence-electron chi connectivity index (χ2n) is 7.30. The Morgan fingerprint density at radius 1 is 1.05 bits per heavy atom. The predicted octanol–water partition coefficient (Wildman–Crippen LogP) is 1.46. The van der Waals surface area contributed by atoms with Crippen molar-refractivity contribution in [3.63, 3.8) is 0 Å². The number of nitrogens with one attached hydrogen (secondary N) is 1. The lowest BCUT2D eigenvalue weighted by Gasteiger charge is -2.24. The predicted molar refractivity (Wildman–Crippen MR) is 78.9 cm³/mol. The van der Waals surface area contributed by atoms with Gasteiger partial charge in [-0.3, -0.25) is 0 Å².